The molecule has 0 saturated carbocycles. The molecule has 194 valence electrons. The highest BCUT2D eigenvalue weighted by Gasteiger charge is 2.35. The largest absolute Gasteiger partial charge is 0.493 e. The lowest BCUT2D eigenvalue weighted by Gasteiger charge is -2.16. The van der Waals surface area contributed by atoms with Crippen LogP contribution in [0, 0.1) is 23.0 Å². The SMILES string of the molecule is COc1cc(/C=C2\SC(=NCc3cc(F)cc(F)c3)NC2=O)ccc1Oc1ccc(C#N)cc1C(F)(F)F. The Hall–Kier alpha value is -4.37. The van der Waals surface area contributed by atoms with Crippen LogP contribution in [0.4, 0.5) is 22.0 Å². The summed E-state index contributed by atoms with van der Waals surface area (Å²) in [4.78, 5) is 16.8. The zero-order valence-electron chi connectivity index (χ0n) is 19.4. The van der Waals surface area contributed by atoms with Crippen LogP contribution >= 0.6 is 11.8 Å². The molecule has 1 aliphatic rings. The molecule has 12 heteroatoms. The summed E-state index contributed by atoms with van der Waals surface area (Å²) in [5, 5.41) is 11.7. The number of amides is 1. The maximum absolute atomic E-state index is 13.5. The third-order valence-electron chi connectivity index (χ3n) is 5.10. The van der Waals surface area contributed by atoms with E-state index in [0.717, 1.165) is 36.0 Å². The molecule has 38 heavy (non-hydrogen) atoms. The summed E-state index contributed by atoms with van der Waals surface area (Å²) in [6.07, 6.45) is -3.24. The van der Waals surface area contributed by atoms with Crippen LogP contribution in [-0.4, -0.2) is 18.2 Å². The molecule has 6 nitrogen and oxygen atoms in total. The smallest absolute Gasteiger partial charge is 0.420 e. The van der Waals surface area contributed by atoms with Crippen LogP contribution in [0.2, 0.25) is 0 Å². The summed E-state index contributed by atoms with van der Waals surface area (Å²) < 4.78 is 77.9. The van der Waals surface area contributed by atoms with Gasteiger partial charge in [0.2, 0.25) is 0 Å². The van der Waals surface area contributed by atoms with Crippen molar-refractivity contribution in [3.8, 4) is 23.3 Å². The second-order valence-electron chi connectivity index (χ2n) is 7.80. The molecule has 0 spiro atoms. The molecule has 0 unspecified atom stereocenters. The first-order chi connectivity index (χ1) is 18.0. The van der Waals surface area contributed by atoms with E-state index >= 15 is 0 Å². The molecule has 1 saturated heterocycles. The molecule has 0 atom stereocenters. The van der Waals surface area contributed by atoms with Crippen LogP contribution in [0.5, 0.6) is 17.2 Å². The fourth-order valence-corrected chi connectivity index (χ4v) is 4.22. The van der Waals surface area contributed by atoms with E-state index in [2.05, 4.69) is 10.3 Å². The minimum atomic E-state index is -4.76. The number of halogens is 5. The van der Waals surface area contributed by atoms with Gasteiger partial charge in [0.15, 0.2) is 16.7 Å². The van der Waals surface area contributed by atoms with Crippen molar-refractivity contribution >= 4 is 28.9 Å². The van der Waals surface area contributed by atoms with Crippen LogP contribution in [0.3, 0.4) is 0 Å². The maximum atomic E-state index is 13.5. The number of carbonyl (C=O) groups is 1. The van der Waals surface area contributed by atoms with Gasteiger partial charge in [0, 0.05) is 6.07 Å². The molecular formula is C26H16F5N3O3S. The summed E-state index contributed by atoms with van der Waals surface area (Å²) in [5.41, 5.74) is -0.511. The number of alkyl halides is 3. The Morgan fingerprint density at radius 1 is 1.03 bits per heavy atom. The number of amidine groups is 1. The van der Waals surface area contributed by atoms with Crippen LogP contribution in [0.15, 0.2) is 64.5 Å². The molecule has 1 aliphatic heterocycles. The van der Waals surface area contributed by atoms with Gasteiger partial charge >= 0.3 is 6.18 Å². The van der Waals surface area contributed by atoms with E-state index in [0.29, 0.717) is 17.2 Å². The molecule has 1 fully saturated rings. The van der Waals surface area contributed by atoms with Gasteiger partial charge in [-0.05, 0) is 71.4 Å². The van der Waals surface area contributed by atoms with Crippen molar-refractivity contribution in [3.05, 3.63) is 93.4 Å². The summed E-state index contributed by atoms with van der Waals surface area (Å²) in [6.45, 7) is -0.0559. The van der Waals surface area contributed by atoms with Gasteiger partial charge < -0.3 is 14.8 Å². The summed E-state index contributed by atoms with van der Waals surface area (Å²) in [7, 11) is 1.31. The number of thioether (sulfide) groups is 1. The van der Waals surface area contributed by atoms with Crippen molar-refractivity contribution in [3.63, 3.8) is 0 Å². The molecule has 0 aromatic heterocycles. The normalized spacial score (nSPS) is 15.4. The van der Waals surface area contributed by atoms with Crippen molar-refractivity contribution < 1.29 is 36.2 Å². The molecule has 1 amide bonds. The first-order valence-corrected chi connectivity index (χ1v) is 11.5. The van der Waals surface area contributed by atoms with Crippen LogP contribution in [-0.2, 0) is 17.5 Å². The van der Waals surface area contributed by atoms with E-state index in [1.165, 1.54) is 37.5 Å². The van der Waals surface area contributed by atoms with Crippen LogP contribution in [0.25, 0.3) is 6.08 Å². The summed E-state index contributed by atoms with van der Waals surface area (Å²) in [5.74, 6) is -2.35. The Bertz CT molecular complexity index is 1490. The predicted molar refractivity (Wildman–Crippen MR) is 130 cm³/mol. The third-order valence-corrected chi connectivity index (χ3v) is 6.05. The van der Waals surface area contributed by atoms with Gasteiger partial charge in [0.25, 0.3) is 5.91 Å². The first kappa shape index (κ1) is 26.7. The summed E-state index contributed by atoms with van der Waals surface area (Å²) in [6, 6.07) is 12.0. The molecule has 0 aliphatic carbocycles. The maximum Gasteiger partial charge on any atom is 0.420 e. The molecule has 1 N–H and O–H groups in total. The number of nitrogens with zero attached hydrogens (tertiary/aromatic N) is 2. The van der Waals surface area contributed by atoms with Crippen molar-refractivity contribution in [1.29, 1.82) is 5.26 Å². The second-order valence-corrected chi connectivity index (χ2v) is 8.83. The molecule has 0 bridgehead atoms. The van der Waals surface area contributed by atoms with Gasteiger partial charge in [-0.15, -0.1) is 0 Å². The van der Waals surface area contributed by atoms with E-state index in [-0.39, 0.29) is 33.7 Å². The van der Waals surface area contributed by atoms with Gasteiger partial charge in [-0.2, -0.15) is 18.4 Å². The van der Waals surface area contributed by atoms with E-state index in [9.17, 15) is 26.7 Å². The number of nitrogens with one attached hydrogen (secondary N) is 1. The van der Waals surface area contributed by atoms with Gasteiger partial charge in [-0.3, -0.25) is 9.79 Å². The number of aliphatic imine (C=N–C) groups is 1. The third kappa shape index (κ3) is 6.30. The number of methoxy groups -OCH3 is 1. The lowest BCUT2D eigenvalue weighted by Crippen LogP contribution is -2.19. The Morgan fingerprint density at radius 2 is 1.74 bits per heavy atom. The number of rotatable bonds is 6. The Balaban J connectivity index is 1.54. The zero-order chi connectivity index (χ0) is 27.4. The molecule has 0 radical (unpaired) electrons. The highest BCUT2D eigenvalue weighted by Crippen LogP contribution is 2.41. The topological polar surface area (TPSA) is 83.7 Å². The average Bonchev–Trinajstić information content (AvgIpc) is 3.21. The number of hydrogen-bond acceptors (Lipinski definition) is 6. The predicted octanol–water partition coefficient (Wildman–Crippen LogP) is 6.42. The summed E-state index contributed by atoms with van der Waals surface area (Å²) >= 11 is 1.01. The Morgan fingerprint density at radius 3 is 2.39 bits per heavy atom. The average molecular weight is 545 g/mol. The van der Waals surface area contributed by atoms with Crippen molar-refractivity contribution in [2.75, 3.05) is 7.11 Å². The number of nitriles is 1. The Labute approximate surface area is 217 Å². The van der Waals surface area contributed by atoms with Gasteiger partial charge in [-0.1, -0.05) is 6.07 Å². The monoisotopic (exact) mass is 545 g/mol. The first-order valence-electron chi connectivity index (χ1n) is 10.7. The molecular weight excluding hydrogens is 529 g/mol. The highest BCUT2D eigenvalue weighted by atomic mass is 32.2. The van der Waals surface area contributed by atoms with Crippen molar-refractivity contribution in [1.82, 2.24) is 5.32 Å². The minimum Gasteiger partial charge on any atom is -0.493 e. The van der Waals surface area contributed by atoms with E-state index in [1.54, 1.807) is 6.07 Å². The number of carbonyl (C=O) groups excluding carboxylic acids is 1. The standard InChI is InChI=1S/C26H16F5N3O3S/c1-36-22-9-14(2-5-21(22)37-20-4-3-15(12-32)8-19(20)26(29,30)31)10-23-24(35)34-25(38-23)33-13-16-6-17(27)11-18(28)7-16/h2-11H,13H2,1H3,(H,33,34,35)/b23-10-. The van der Waals surface area contributed by atoms with E-state index < -0.39 is 35.0 Å². The highest BCUT2D eigenvalue weighted by molar-refractivity contribution is 8.18. The lowest BCUT2D eigenvalue weighted by molar-refractivity contribution is -0.138. The zero-order valence-corrected chi connectivity index (χ0v) is 20.2. The molecule has 3 aromatic carbocycles. The van der Waals surface area contributed by atoms with E-state index in [4.69, 9.17) is 14.7 Å². The van der Waals surface area contributed by atoms with Gasteiger partial charge in [0.1, 0.15) is 17.4 Å². The number of benzene rings is 3. The van der Waals surface area contributed by atoms with Gasteiger partial charge in [-0.25, -0.2) is 8.78 Å². The van der Waals surface area contributed by atoms with Crippen molar-refractivity contribution in [2.45, 2.75) is 12.7 Å². The molecule has 3 aromatic rings. The second kappa shape index (κ2) is 10.9. The number of hydrogen-bond donors (Lipinski definition) is 1. The Kier molecular flexibility index (Phi) is 7.68. The number of ether oxygens (including phenoxy) is 2. The fraction of sp³-hybridized carbons (Fsp3) is 0.115. The minimum absolute atomic E-state index is 0.0158. The molecule has 1 heterocycles. The quantitative estimate of drug-likeness (QED) is 0.286. The van der Waals surface area contributed by atoms with E-state index in [1.807, 2.05) is 0 Å². The lowest BCUT2D eigenvalue weighted by atomic mass is 10.1. The van der Waals surface area contributed by atoms with Crippen LogP contribution in [0.1, 0.15) is 22.3 Å². The molecule has 4 rings (SSSR count). The van der Waals surface area contributed by atoms with Gasteiger partial charge in [0.05, 0.1) is 35.8 Å². The van der Waals surface area contributed by atoms with Crippen molar-refractivity contribution in [2.24, 2.45) is 4.99 Å². The van der Waals surface area contributed by atoms with Crippen LogP contribution < -0.4 is 14.8 Å². The fourth-order valence-electron chi connectivity index (χ4n) is 3.41.